The normalized spacial score (nSPS) is 19.2. The molecule has 2 fully saturated rings. The maximum atomic E-state index is 12.7. The summed E-state index contributed by atoms with van der Waals surface area (Å²) in [5.74, 6) is -5.50. The van der Waals surface area contributed by atoms with E-state index < -0.39 is 85.1 Å². The van der Waals surface area contributed by atoms with Crippen molar-refractivity contribution in [1.29, 1.82) is 0 Å². The van der Waals surface area contributed by atoms with E-state index in [4.69, 9.17) is 10.9 Å². The van der Waals surface area contributed by atoms with Gasteiger partial charge < -0.3 is 53.4 Å². The van der Waals surface area contributed by atoms with E-state index in [0.29, 0.717) is 37.5 Å². The van der Waals surface area contributed by atoms with Crippen molar-refractivity contribution in [3.8, 4) is 0 Å². The molecule has 21 nitrogen and oxygen atoms in total. The summed E-state index contributed by atoms with van der Waals surface area (Å²) in [5, 5.41) is 39.1. The number of hydrogen-bond donors (Lipinski definition) is 12. The highest BCUT2D eigenvalue weighted by Gasteiger charge is 2.42. The van der Waals surface area contributed by atoms with E-state index in [9.17, 15) is 48.3 Å². The number of aliphatic hydroxyl groups excluding tert-OH is 1. The van der Waals surface area contributed by atoms with Crippen LogP contribution >= 0.6 is 11.8 Å². The second-order valence-corrected chi connectivity index (χ2v) is 15.5. The van der Waals surface area contributed by atoms with E-state index in [2.05, 4.69) is 42.5 Å². The molecule has 2 rings (SSSR count). The van der Waals surface area contributed by atoms with Gasteiger partial charge in [0.2, 0.25) is 47.3 Å². The number of aliphatic hydroxyl groups is 1. The molecule has 0 bridgehead atoms. The van der Waals surface area contributed by atoms with Gasteiger partial charge in [-0.15, -0.1) is 0 Å². The zero-order valence-corrected chi connectivity index (χ0v) is 32.9. The van der Waals surface area contributed by atoms with Crippen molar-refractivity contribution in [1.82, 2.24) is 48.0 Å². The van der Waals surface area contributed by atoms with Gasteiger partial charge in [-0.1, -0.05) is 20.3 Å². The quantitative estimate of drug-likeness (QED) is 0.0177. The molecule has 7 atom stereocenters. The minimum Gasteiger partial charge on any atom is -0.394 e. The number of rotatable bonds is 26. The Morgan fingerprint density at radius 3 is 2.18 bits per heavy atom. The summed E-state index contributed by atoms with van der Waals surface area (Å²) in [6.07, 6.45) is 4.04. The van der Waals surface area contributed by atoms with Gasteiger partial charge >= 0.3 is 6.03 Å². The summed E-state index contributed by atoms with van der Waals surface area (Å²) >= 11 is 1.83. The molecule has 2 aliphatic rings. The van der Waals surface area contributed by atoms with E-state index in [-0.39, 0.29) is 42.8 Å². The molecule has 2 heterocycles. The van der Waals surface area contributed by atoms with Gasteiger partial charge in [-0.3, -0.25) is 43.6 Å². The molecular weight excluding hydrogens is 756 g/mol. The van der Waals surface area contributed by atoms with Crippen LogP contribution in [-0.2, 0) is 38.4 Å². The summed E-state index contributed by atoms with van der Waals surface area (Å²) < 4.78 is 0. The number of fused-ring (bicyclic) bond motifs is 1. The molecule has 22 heteroatoms. The van der Waals surface area contributed by atoms with E-state index in [1.807, 2.05) is 25.6 Å². The van der Waals surface area contributed by atoms with Gasteiger partial charge in [-0.05, 0) is 51.4 Å². The Balaban J connectivity index is 1.62. The SMILES string of the molecule is CC(C)CC(CC(=O)NO)C(=O)N[C@@H](C)C(=O)N[C@@H](CO)C(=O)NCC(=O)NCC(=O)N[C@@H](CCCCNC(=O)CCCC[C@@H]1SC[C@@H]2NC(=O)N[C@@H]21)C(N)=O. The number of primary amides is 1. The Labute approximate surface area is 329 Å². The van der Waals surface area contributed by atoms with Crippen LogP contribution in [-0.4, -0.2) is 131 Å². The average Bonchev–Trinajstić information content (AvgIpc) is 3.70. The molecule has 0 aromatic rings. The Morgan fingerprint density at radius 2 is 1.52 bits per heavy atom. The third-order valence-electron chi connectivity index (χ3n) is 9.12. The molecular formula is C34H58N10O11S. The number of amides is 10. The van der Waals surface area contributed by atoms with E-state index in [0.717, 1.165) is 25.0 Å². The predicted molar refractivity (Wildman–Crippen MR) is 202 cm³/mol. The van der Waals surface area contributed by atoms with Gasteiger partial charge in [0.1, 0.15) is 18.1 Å². The Bertz CT molecular complexity index is 1400. The summed E-state index contributed by atoms with van der Waals surface area (Å²) in [5.41, 5.74) is 6.89. The smallest absolute Gasteiger partial charge is 0.315 e. The molecule has 1 unspecified atom stereocenters. The highest BCUT2D eigenvalue weighted by atomic mass is 32.2. The number of nitrogens with two attached hydrogens (primary N) is 1. The number of hydroxylamine groups is 1. The summed E-state index contributed by atoms with van der Waals surface area (Å²) in [6, 6.07) is -3.52. The molecule has 0 radical (unpaired) electrons. The summed E-state index contributed by atoms with van der Waals surface area (Å²) in [7, 11) is 0. The van der Waals surface area contributed by atoms with Gasteiger partial charge in [0.15, 0.2) is 0 Å². The first-order valence-corrected chi connectivity index (χ1v) is 19.8. The molecule has 0 aromatic heterocycles. The van der Waals surface area contributed by atoms with Crippen LogP contribution in [0.5, 0.6) is 0 Å². The molecule has 0 saturated carbocycles. The first kappa shape index (κ1) is 47.5. The van der Waals surface area contributed by atoms with E-state index in [1.165, 1.54) is 12.4 Å². The first-order valence-electron chi connectivity index (χ1n) is 18.8. The van der Waals surface area contributed by atoms with Crippen molar-refractivity contribution in [3.63, 3.8) is 0 Å². The highest BCUT2D eigenvalue weighted by Crippen LogP contribution is 2.33. The maximum Gasteiger partial charge on any atom is 0.315 e. The largest absolute Gasteiger partial charge is 0.394 e. The number of thioether (sulfide) groups is 1. The van der Waals surface area contributed by atoms with Crippen LogP contribution in [0.3, 0.4) is 0 Å². The second kappa shape index (κ2) is 24.7. The van der Waals surface area contributed by atoms with Crippen molar-refractivity contribution < 1.29 is 53.5 Å². The Kier molecular flexibility index (Phi) is 21.0. The average molecular weight is 815 g/mol. The number of hydrogen-bond acceptors (Lipinski definition) is 12. The lowest BCUT2D eigenvalue weighted by Gasteiger charge is -2.22. The first-order chi connectivity index (χ1) is 26.5. The topological polar surface area (TPSA) is 328 Å². The second-order valence-electron chi connectivity index (χ2n) is 14.3. The van der Waals surface area contributed by atoms with Crippen LogP contribution in [0.2, 0.25) is 0 Å². The monoisotopic (exact) mass is 814 g/mol. The van der Waals surface area contributed by atoms with Crippen LogP contribution < -0.4 is 53.7 Å². The minimum atomic E-state index is -1.49. The Hall–Kier alpha value is -4.70. The van der Waals surface area contributed by atoms with Crippen molar-refractivity contribution >= 4 is 65.1 Å². The molecule has 56 heavy (non-hydrogen) atoms. The van der Waals surface area contributed by atoms with Gasteiger partial charge in [-0.2, -0.15) is 11.8 Å². The molecule has 316 valence electrons. The van der Waals surface area contributed by atoms with Crippen molar-refractivity contribution in [2.45, 2.75) is 114 Å². The fourth-order valence-corrected chi connectivity index (χ4v) is 7.68. The molecule has 2 saturated heterocycles. The van der Waals surface area contributed by atoms with Crippen LogP contribution in [0, 0.1) is 11.8 Å². The van der Waals surface area contributed by atoms with E-state index in [1.54, 1.807) is 0 Å². The standard InChI is InChI=1S/C34H58N10O11S/c1-18(2)12-20(13-26(47)44-55)32(52)39-19(3)31(51)41-22(16-45)33(53)38-14-27(48)37-15-28(49)40-21(30(35)50)8-6-7-11-36-25(46)10-5-4-9-24-29-23(17-56-24)42-34(54)43-29/h18-24,29,45,55H,4-17H2,1-3H3,(H2,35,50)(H,36,46)(H,37,48)(H,38,53)(H,39,52)(H,40,49)(H,41,51)(H,44,47)(H2,42,43,54)/t19-,20?,21-,22-,23-,24-,29-/m0/s1. The lowest BCUT2D eigenvalue weighted by Crippen LogP contribution is -2.55. The molecule has 0 aromatic carbocycles. The fourth-order valence-electron chi connectivity index (χ4n) is 6.14. The lowest BCUT2D eigenvalue weighted by atomic mass is 9.93. The van der Waals surface area contributed by atoms with Crippen molar-refractivity contribution in [3.05, 3.63) is 0 Å². The third-order valence-corrected chi connectivity index (χ3v) is 10.6. The predicted octanol–water partition coefficient (Wildman–Crippen LogP) is -3.26. The van der Waals surface area contributed by atoms with Crippen molar-refractivity contribution in [2.24, 2.45) is 17.6 Å². The van der Waals surface area contributed by atoms with Crippen LogP contribution in [0.1, 0.15) is 78.6 Å². The molecule has 0 aliphatic carbocycles. The van der Waals surface area contributed by atoms with Gasteiger partial charge in [-0.25, -0.2) is 10.3 Å². The number of carbonyl (C=O) groups excluding carboxylic acids is 9. The molecule has 10 amide bonds. The molecule has 0 spiro atoms. The number of unbranched alkanes of at least 4 members (excludes halogenated alkanes) is 2. The molecule has 2 aliphatic heterocycles. The Morgan fingerprint density at radius 1 is 0.804 bits per heavy atom. The lowest BCUT2D eigenvalue weighted by molar-refractivity contribution is -0.137. The summed E-state index contributed by atoms with van der Waals surface area (Å²) in [4.78, 5) is 110. The maximum absolute atomic E-state index is 12.7. The summed E-state index contributed by atoms with van der Waals surface area (Å²) in [6.45, 7) is 3.34. The highest BCUT2D eigenvalue weighted by molar-refractivity contribution is 8.00. The van der Waals surface area contributed by atoms with Gasteiger partial charge in [0.05, 0.1) is 31.8 Å². The third kappa shape index (κ3) is 17.4. The van der Waals surface area contributed by atoms with Crippen LogP contribution in [0.15, 0.2) is 0 Å². The zero-order chi connectivity index (χ0) is 41.8. The van der Waals surface area contributed by atoms with Gasteiger partial charge in [0.25, 0.3) is 0 Å². The fraction of sp³-hybridized carbons (Fsp3) is 0.735. The number of urea groups is 1. The zero-order valence-electron chi connectivity index (χ0n) is 32.1. The van der Waals surface area contributed by atoms with Crippen LogP contribution in [0.4, 0.5) is 4.79 Å². The van der Waals surface area contributed by atoms with E-state index >= 15 is 0 Å². The van der Waals surface area contributed by atoms with Crippen molar-refractivity contribution in [2.75, 3.05) is 32.0 Å². The number of carbonyl (C=O) groups is 9. The van der Waals surface area contributed by atoms with Crippen LogP contribution in [0.25, 0.3) is 0 Å². The minimum absolute atomic E-state index is 0.0197. The van der Waals surface area contributed by atoms with Gasteiger partial charge in [0, 0.05) is 36.3 Å². The number of nitrogens with one attached hydrogen (secondary N) is 9. The molecule has 13 N–H and O–H groups in total.